The number of nitriles is 2. The van der Waals surface area contributed by atoms with Crippen molar-refractivity contribution in [2.45, 2.75) is 52.6 Å². The van der Waals surface area contributed by atoms with E-state index in [0.29, 0.717) is 24.9 Å². The lowest BCUT2D eigenvalue weighted by atomic mass is 10.3. The molecule has 102 valence electrons. The Kier molecular flexibility index (Phi) is 10.3. The Morgan fingerprint density at radius 3 is 1.39 bits per heavy atom. The summed E-state index contributed by atoms with van der Waals surface area (Å²) in [4.78, 5) is 0. The third kappa shape index (κ3) is 7.84. The van der Waals surface area contributed by atoms with E-state index >= 15 is 0 Å². The quantitative estimate of drug-likeness (QED) is 0.478. The van der Waals surface area contributed by atoms with Crippen LogP contribution in [0.3, 0.4) is 0 Å². The van der Waals surface area contributed by atoms with E-state index in [2.05, 4.69) is 48.4 Å². The monoisotopic (exact) mass is 286 g/mol. The Bertz CT molecular complexity index is 263. The summed E-state index contributed by atoms with van der Waals surface area (Å²) < 4.78 is 4.41. The second-order valence-electron chi connectivity index (χ2n) is 4.43. The van der Waals surface area contributed by atoms with Gasteiger partial charge in [-0.1, -0.05) is 0 Å². The van der Waals surface area contributed by atoms with Gasteiger partial charge in [0.15, 0.2) is 0 Å². The smallest absolute Gasteiger partial charge is 0.0635 e. The minimum atomic E-state index is 0.404. The highest BCUT2D eigenvalue weighted by Gasteiger charge is 2.15. The third-order valence-corrected chi connectivity index (χ3v) is 5.27. The maximum absolute atomic E-state index is 8.64. The molecule has 0 aliphatic rings. The molecule has 0 fully saturated rings. The molecule has 0 spiro atoms. The van der Waals surface area contributed by atoms with Crippen molar-refractivity contribution in [3.05, 3.63) is 0 Å². The summed E-state index contributed by atoms with van der Waals surface area (Å²) in [6.07, 6.45) is 1.09. The fourth-order valence-corrected chi connectivity index (χ4v) is 4.01. The van der Waals surface area contributed by atoms with Crippen molar-refractivity contribution in [1.82, 2.24) is 8.61 Å². The number of nitrogens with zero attached hydrogens (tertiary/aromatic N) is 4. The van der Waals surface area contributed by atoms with Crippen molar-refractivity contribution in [3.8, 4) is 12.1 Å². The fourth-order valence-electron chi connectivity index (χ4n) is 1.17. The average Bonchev–Trinajstić information content (AvgIpc) is 2.31. The first kappa shape index (κ1) is 17.6. The van der Waals surface area contributed by atoms with Crippen molar-refractivity contribution in [2.75, 3.05) is 13.1 Å². The molecular weight excluding hydrogens is 264 g/mol. The van der Waals surface area contributed by atoms with Gasteiger partial charge in [0.05, 0.1) is 12.1 Å². The van der Waals surface area contributed by atoms with Crippen LogP contribution in [0, 0.1) is 22.7 Å². The zero-order chi connectivity index (χ0) is 14.0. The summed E-state index contributed by atoms with van der Waals surface area (Å²) in [6.45, 7) is 10.0. The van der Waals surface area contributed by atoms with Crippen molar-refractivity contribution < 1.29 is 0 Å². The van der Waals surface area contributed by atoms with Gasteiger partial charge in [-0.05, 0) is 27.7 Å². The van der Waals surface area contributed by atoms with Gasteiger partial charge in [0.1, 0.15) is 0 Å². The van der Waals surface area contributed by atoms with Crippen LogP contribution in [0.25, 0.3) is 0 Å². The van der Waals surface area contributed by atoms with Gasteiger partial charge in [-0.2, -0.15) is 10.5 Å². The van der Waals surface area contributed by atoms with Crippen molar-refractivity contribution in [3.63, 3.8) is 0 Å². The predicted octanol–water partition coefficient (Wildman–Crippen LogP) is 3.45. The number of hydrogen-bond donors (Lipinski definition) is 0. The van der Waals surface area contributed by atoms with Gasteiger partial charge in [0.2, 0.25) is 0 Å². The van der Waals surface area contributed by atoms with Crippen LogP contribution in [0.2, 0.25) is 0 Å². The van der Waals surface area contributed by atoms with Gasteiger partial charge in [-0.3, -0.25) is 0 Å². The van der Waals surface area contributed by atoms with Gasteiger partial charge in [0.25, 0.3) is 0 Å². The lowest BCUT2D eigenvalue weighted by Gasteiger charge is -2.28. The molecule has 0 N–H and O–H groups in total. The van der Waals surface area contributed by atoms with Gasteiger partial charge in [-0.25, -0.2) is 8.61 Å². The molecule has 0 heterocycles. The molecule has 6 heteroatoms. The fraction of sp³-hybridized carbons (Fsp3) is 0.833. The van der Waals surface area contributed by atoms with Crippen LogP contribution >= 0.6 is 22.0 Å². The summed E-state index contributed by atoms with van der Waals surface area (Å²) in [6, 6.07) is 5.16. The molecule has 0 rings (SSSR count). The van der Waals surface area contributed by atoms with E-state index in [1.807, 2.05) is 0 Å². The van der Waals surface area contributed by atoms with E-state index in [1.165, 1.54) is 0 Å². The van der Waals surface area contributed by atoms with Crippen molar-refractivity contribution in [1.29, 1.82) is 10.5 Å². The van der Waals surface area contributed by atoms with Gasteiger partial charge in [-0.15, -0.1) is 0 Å². The second kappa shape index (κ2) is 10.5. The molecule has 0 saturated heterocycles. The number of hydrogen-bond acceptors (Lipinski definition) is 6. The molecule has 0 saturated carbocycles. The van der Waals surface area contributed by atoms with Crippen LogP contribution in [0.1, 0.15) is 40.5 Å². The van der Waals surface area contributed by atoms with Gasteiger partial charge >= 0.3 is 0 Å². The first-order valence-corrected chi connectivity index (χ1v) is 8.21. The lowest BCUT2D eigenvalue weighted by Crippen LogP contribution is -2.28. The van der Waals surface area contributed by atoms with E-state index in [4.69, 9.17) is 10.5 Å². The first-order chi connectivity index (χ1) is 8.52. The number of rotatable bonds is 9. The van der Waals surface area contributed by atoms with Crippen LogP contribution in [-0.2, 0) is 0 Å². The lowest BCUT2D eigenvalue weighted by molar-refractivity contribution is 0.399. The molecule has 0 radical (unpaired) electrons. The predicted molar refractivity (Wildman–Crippen MR) is 79.3 cm³/mol. The molecule has 0 bridgehead atoms. The molecule has 0 amide bonds. The van der Waals surface area contributed by atoms with E-state index in [1.54, 1.807) is 22.0 Å². The zero-order valence-corrected chi connectivity index (χ0v) is 13.2. The SMILES string of the molecule is CC(C)N(CCC#N)SSN(CCC#N)C(C)C. The molecule has 0 aromatic heterocycles. The Labute approximate surface area is 119 Å². The molecule has 0 atom stereocenters. The summed E-state index contributed by atoms with van der Waals surface area (Å²) in [5, 5.41) is 17.3. The molecule has 0 aliphatic carbocycles. The normalized spacial score (nSPS) is 11.2. The molecular formula is C12H22N4S2. The average molecular weight is 286 g/mol. The first-order valence-electron chi connectivity index (χ1n) is 6.14. The summed E-state index contributed by atoms with van der Waals surface area (Å²) in [5.41, 5.74) is 0. The molecule has 0 aromatic carbocycles. The highest BCUT2D eigenvalue weighted by molar-refractivity contribution is 8.74. The van der Waals surface area contributed by atoms with Gasteiger partial charge < -0.3 is 0 Å². The van der Waals surface area contributed by atoms with Crippen LogP contribution in [0.5, 0.6) is 0 Å². The molecule has 4 nitrogen and oxygen atoms in total. The van der Waals surface area contributed by atoms with Crippen molar-refractivity contribution in [2.24, 2.45) is 0 Å². The minimum Gasteiger partial charge on any atom is -0.237 e. The Morgan fingerprint density at radius 2 is 1.17 bits per heavy atom. The highest BCUT2D eigenvalue weighted by atomic mass is 33.1. The molecule has 0 aliphatic heterocycles. The standard InChI is InChI=1S/C12H22N4S2/c1-11(2)15(9-5-7-13)17-18-16(12(3)4)10-6-8-14/h11-12H,5-6,9-10H2,1-4H3. The minimum absolute atomic E-state index is 0.404. The van der Waals surface area contributed by atoms with Crippen LogP contribution in [0.4, 0.5) is 0 Å². The molecule has 18 heavy (non-hydrogen) atoms. The van der Waals surface area contributed by atoms with Crippen molar-refractivity contribution >= 4 is 22.0 Å². The van der Waals surface area contributed by atoms with E-state index in [-0.39, 0.29) is 0 Å². The van der Waals surface area contributed by atoms with Crippen LogP contribution in [0.15, 0.2) is 0 Å². The van der Waals surface area contributed by atoms with E-state index in [9.17, 15) is 0 Å². The summed E-state index contributed by atoms with van der Waals surface area (Å²) in [5.74, 6) is 0. The molecule has 0 aromatic rings. The summed E-state index contributed by atoms with van der Waals surface area (Å²) in [7, 11) is 3.34. The van der Waals surface area contributed by atoms with E-state index in [0.717, 1.165) is 13.1 Å². The topological polar surface area (TPSA) is 54.1 Å². The Balaban J connectivity index is 4.20. The van der Waals surface area contributed by atoms with Gasteiger partial charge in [0, 0.05) is 60.0 Å². The van der Waals surface area contributed by atoms with E-state index < -0.39 is 0 Å². The Morgan fingerprint density at radius 1 is 0.833 bits per heavy atom. The largest absolute Gasteiger partial charge is 0.237 e. The third-order valence-electron chi connectivity index (χ3n) is 2.26. The van der Waals surface area contributed by atoms with Crippen LogP contribution in [-0.4, -0.2) is 33.8 Å². The van der Waals surface area contributed by atoms with Crippen LogP contribution < -0.4 is 0 Å². The Hall–Kier alpha value is -0.400. The maximum Gasteiger partial charge on any atom is 0.0635 e. The zero-order valence-electron chi connectivity index (χ0n) is 11.6. The summed E-state index contributed by atoms with van der Waals surface area (Å²) >= 11 is 0. The molecule has 0 unspecified atom stereocenters. The highest BCUT2D eigenvalue weighted by Crippen LogP contribution is 2.32. The second-order valence-corrected chi connectivity index (χ2v) is 6.56. The maximum atomic E-state index is 8.64.